The minimum Gasteiger partial charge on any atom is -0.480 e. The van der Waals surface area contributed by atoms with Crippen molar-refractivity contribution in [3.8, 4) is 0 Å². The Morgan fingerprint density at radius 3 is 2.83 bits per heavy atom. The fraction of sp³-hybridized carbons (Fsp3) is 0.556. The van der Waals surface area contributed by atoms with Crippen LogP contribution in [-0.4, -0.2) is 60.9 Å². The standard InChI is InChI=1S/C9H15N3O5S/c1-11(7-9(13)14)18(15,16)8-5-10-12(6-8)3-4-17-2/h5-6H,3-4,7H2,1-2H3,(H,13,14). The molecule has 1 aromatic heterocycles. The summed E-state index contributed by atoms with van der Waals surface area (Å²) >= 11 is 0. The normalized spacial score (nSPS) is 11.9. The van der Waals surface area contributed by atoms with Crippen LogP contribution >= 0.6 is 0 Å². The van der Waals surface area contributed by atoms with E-state index in [0.717, 1.165) is 4.31 Å². The Bertz CT molecular complexity index is 510. The molecule has 0 saturated heterocycles. The summed E-state index contributed by atoms with van der Waals surface area (Å²) in [6.07, 6.45) is 2.52. The SMILES string of the molecule is COCCn1cc(S(=O)(=O)N(C)CC(=O)O)cn1. The second-order valence-corrected chi connectivity index (χ2v) is 5.63. The van der Waals surface area contributed by atoms with Crippen molar-refractivity contribution in [2.45, 2.75) is 11.4 Å². The van der Waals surface area contributed by atoms with Gasteiger partial charge in [0, 0.05) is 20.4 Å². The molecule has 0 unspecified atom stereocenters. The minimum atomic E-state index is -3.81. The molecule has 0 aliphatic heterocycles. The van der Waals surface area contributed by atoms with Gasteiger partial charge >= 0.3 is 5.97 Å². The van der Waals surface area contributed by atoms with Crippen molar-refractivity contribution < 1.29 is 23.1 Å². The van der Waals surface area contributed by atoms with E-state index in [1.807, 2.05) is 0 Å². The molecule has 0 spiro atoms. The Kier molecular flexibility index (Phi) is 4.82. The van der Waals surface area contributed by atoms with E-state index < -0.39 is 22.5 Å². The van der Waals surface area contributed by atoms with Gasteiger partial charge in [-0.2, -0.15) is 9.40 Å². The zero-order valence-corrected chi connectivity index (χ0v) is 10.9. The Morgan fingerprint density at radius 2 is 2.28 bits per heavy atom. The molecule has 0 aliphatic carbocycles. The monoisotopic (exact) mass is 277 g/mol. The average Bonchev–Trinajstić information content (AvgIpc) is 2.74. The number of hydrogen-bond donors (Lipinski definition) is 1. The number of rotatable bonds is 7. The fourth-order valence-corrected chi connectivity index (χ4v) is 2.32. The van der Waals surface area contributed by atoms with Gasteiger partial charge in [0.2, 0.25) is 10.0 Å². The number of hydrogen-bond acceptors (Lipinski definition) is 5. The smallest absolute Gasteiger partial charge is 0.318 e. The van der Waals surface area contributed by atoms with Gasteiger partial charge in [-0.1, -0.05) is 0 Å². The summed E-state index contributed by atoms with van der Waals surface area (Å²) in [6.45, 7) is 0.242. The number of carboxylic acid groups (broad SMARTS) is 1. The first kappa shape index (κ1) is 14.6. The van der Waals surface area contributed by atoms with Crippen LogP contribution in [0, 0.1) is 0 Å². The third-order valence-corrected chi connectivity index (χ3v) is 3.96. The molecule has 0 radical (unpaired) electrons. The molecule has 18 heavy (non-hydrogen) atoms. The number of nitrogens with zero attached hydrogens (tertiary/aromatic N) is 3. The van der Waals surface area contributed by atoms with E-state index in [1.54, 1.807) is 0 Å². The Morgan fingerprint density at radius 1 is 1.61 bits per heavy atom. The molecule has 0 saturated carbocycles. The van der Waals surface area contributed by atoms with Gasteiger partial charge in [0.05, 0.1) is 19.3 Å². The second-order valence-electron chi connectivity index (χ2n) is 3.59. The summed E-state index contributed by atoms with van der Waals surface area (Å²) in [5.74, 6) is -1.21. The molecule has 0 atom stereocenters. The van der Waals surface area contributed by atoms with Crippen molar-refractivity contribution in [1.29, 1.82) is 0 Å². The van der Waals surface area contributed by atoms with E-state index in [1.165, 1.54) is 31.2 Å². The van der Waals surface area contributed by atoms with E-state index in [4.69, 9.17) is 9.84 Å². The Hall–Kier alpha value is -1.45. The van der Waals surface area contributed by atoms with Crippen molar-refractivity contribution in [2.75, 3.05) is 27.3 Å². The lowest BCUT2D eigenvalue weighted by Gasteiger charge is -2.12. The van der Waals surface area contributed by atoms with E-state index in [-0.39, 0.29) is 4.90 Å². The molecule has 102 valence electrons. The zero-order chi connectivity index (χ0) is 13.8. The molecule has 1 N–H and O–H groups in total. The van der Waals surface area contributed by atoms with Crippen LogP contribution in [-0.2, 0) is 26.1 Å². The quantitative estimate of drug-likeness (QED) is 0.702. The lowest BCUT2D eigenvalue weighted by Crippen LogP contribution is -2.31. The molecular weight excluding hydrogens is 262 g/mol. The van der Waals surface area contributed by atoms with E-state index in [0.29, 0.717) is 13.2 Å². The van der Waals surface area contributed by atoms with E-state index in [9.17, 15) is 13.2 Å². The third kappa shape index (κ3) is 3.52. The zero-order valence-electron chi connectivity index (χ0n) is 10.1. The fourth-order valence-electron chi connectivity index (χ4n) is 1.24. The van der Waals surface area contributed by atoms with Crippen LogP contribution in [0.25, 0.3) is 0 Å². The highest BCUT2D eigenvalue weighted by Gasteiger charge is 2.24. The number of methoxy groups -OCH3 is 1. The second kappa shape index (κ2) is 5.94. The van der Waals surface area contributed by atoms with Crippen molar-refractivity contribution in [2.24, 2.45) is 0 Å². The molecule has 0 fully saturated rings. The van der Waals surface area contributed by atoms with Gasteiger partial charge in [0.25, 0.3) is 0 Å². The molecular formula is C9H15N3O5S. The van der Waals surface area contributed by atoms with E-state index in [2.05, 4.69) is 5.10 Å². The predicted octanol–water partition coefficient (Wildman–Crippen LogP) is -0.765. The molecule has 0 aliphatic rings. The first-order valence-corrected chi connectivity index (χ1v) is 6.51. The van der Waals surface area contributed by atoms with Gasteiger partial charge in [-0.25, -0.2) is 8.42 Å². The molecule has 1 rings (SSSR count). The number of likely N-dealkylation sites (N-methyl/N-ethyl adjacent to an activating group) is 1. The average molecular weight is 277 g/mol. The summed E-state index contributed by atoms with van der Waals surface area (Å²) in [7, 11) is -1.08. The van der Waals surface area contributed by atoms with Crippen LogP contribution in [0.4, 0.5) is 0 Å². The van der Waals surface area contributed by atoms with Crippen LogP contribution in [0.15, 0.2) is 17.3 Å². The lowest BCUT2D eigenvalue weighted by atomic mass is 10.7. The van der Waals surface area contributed by atoms with Crippen molar-refractivity contribution in [3.05, 3.63) is 12.4 Å². The third-order valence-electron chi connectivity index (χ3n) is 2.20. The van der Waals surface area contributed by atoms with Crippen LogP contribution < -0.4 is 0 Å². The molecule has 0 amide bonds. The number of sulfonamides is 1. The van der Waals surface area contributed by atoms with E-state index >= 15 is 0 Å². The maximum absolute atomic E-state index is 11.9. The first-order chi connectivity index (χ1) is 8.37. The minimum absolute atomic E-state index is 0.0395. The van der Waals surface area contributed by atoms with Gasteiger partial charge in [-0.05, 0) is 0 Å². The van der Waals surface area contributed by atoms with Gasteiger partial charge in [-0.15, -0.1) is 0 Å². The van der Waals surface area contributed by atoms with Gasteiger partial charge in [-0.3, -0.25) is 9.48 Å². The Labute approximate surface area is 105 Å². The highest BCUT2D eigenvalue weighted by molar-refractivity contribution is 7.89. The molecule has 1 heterocycles. The van der Waals surface area contributed by atoms with Crippen molar-refractivity contribution in [3.63, 3.8) is 0 Å². The summed E-state index contributed by atoms with van der Waals surface area (Å²) in [5.41, 5.74) is 0. The molecule has 8 nitrogen and oxygen atoms in total. The van der Waals surface area contributed by atoms with Crippen molar-refractivity contribution >= 4 is 16.0 Å². The summed E-state index contributed by atoms with van der Waals surface area (Å²) in [5, 5.41) is 12.4. The molecule has 1 aromatic rings. The van der Waals surface area contributed by atoms with Gasteiger partial charge in [0.1, 0.15) is 11.4 Å². The van der Waals surface area contributed by atoms with Gasteiger partial charge in [0.15, 0.2) is 0 Å². The highest BCUT2D eigenvalue weighted by atomic mass is 32.2. The largest absolute Gasteiger partial charge is 0.480 e. The number of aliphatic carboxylic acids is 1. The Balaban J connectivity index is 2.85. The molecule has 9 heteroatoms. The lowest BCUT2D eigenvalue weighted by molar-refractivity contribution is -0.137. The summed E-state index contributed by atoms with van der Waals surface area (Å²) in [4.78, 5) is 10.5. The van der Waals surface area contributed by atoms with Crippen molar-refractivity contribution in [1.82, 2.24) is 14.1 Å². The topological polar surface area (TPSA) is 102 Å². The van der Waals surface area contributed by atoms with Gasteiger partial charge < -0.3 is 9.84 Å². The van der Waals surface area contributed by atoms with Crippen LogP contribution in [0.2, 0.25) is 0 Å². The number of aromatic nitrogens is 2. The van der Waals surface area contributed by atoms with Crippen LogP contribution in [0.5, 0.6) is 0 Å². The number of ether oxygens (including phenoxy) is 1. The first-order valence-electron chi connectivity index (χ1n) is 5.07. The molecule has 0 aromatic carbocycles. The van der Waals surface area contributed by atoms with Crippen LogP contribution in [0.3, 0.4) is 0 Å². The maximum Gasteiger partial charge on any atom is 0.318 e. The molecule has 0 bridgehead atoms. The van der Waals surface area contributed by atoms with Crippen LogP contribution in [0.1, 0.15) is 0 Å². The summed E-state index contributed by atoms with van der Waals surface area (Å²) < 4.78 is 30.9. The predicted molar refractivity (Wildman–Crippen MR) is 61.6 cm³/mol. The number of carboxylic acids is 1. The number of carbonyl (C=O) groups is 1. The summed E-state index contributed by atoms with van der Waals surface area (Å²) in [6, 6.07) is 0. The highest BCUT2D eigenvalue weighted by Crippen LogP contribution is 2.12. The maximum atomic E-state index is 11.9.